The Hall–Kier alpha value is -1.29. The number of nitrogens with zero attached hydrogens (tertiary/aromatic N) is 1. The van der Waals surface area contributed by atoms with E-state index in [2.05, 4.69) is 11.8 Å². The summed E-state index contributed by atoms with van der Waals surface area (Å²) in [5.74, 6) is 0.745. The fourth-order valence-electron chi connectivity index (χ4n) is 2.01. The number of furan rings is 1. The molecule has 4 nitrogen and oxygen atoms in total. The molecule has 1 heterocycles. The second-order valence-corrected chi connectivity index (χ2v) is 4.20. The molecule has 0 aromatic carbocycles. The Morgan fingerprint density at radius 2 is 2.22 bits per heavy atom. The van der Waals surface area contributed by atoms with Crippen molar-refractivity contribution >= 4 is 5.97 Å². The second kappa shape index (κ2) is 7.93. The van der Waals surface area contributed by atoms with Crippen LogP contribution in [0.4, 0.5) is 0 Å². The van der Waals surface area contributed by atoms with Crippen molar-refractivity contribution in [3.63, 3.8) is 0 Å². The molecule has 0 N–H and O–H groups in total. The van der Waals surface area contributed by atoms with Gasteiger partial charge in [-0.3, -0.25) is 9.69 Å². The first-order chi connectivity index (χ1) is 8.72. The van der Waals surface area contributed by atoms with Crippen molar-refractivity contribution in [2.75, 3.05) is 13.2 Å². The van der Waals surface area contributed by atoms with Gasteiger partial charge in [-0.1, -0.05) is 20.3 Å². The Balaban J connectivity index is 2.70. The molecule has 1 atom stereocenters. The lowest BCUT2D eigenvalue weighted by atomic mass is 10.1. The fourth-order valence-corrected chi connectivity index (χ4v) is 2.01. The van der Waals surface area contributed by atoms with E-state index in [0.29, 0.717) is 13.2 Å². The van der Waals surface area contributed by atoms with Crippen molar-refractivity contribution in [3.8, 4) is 0 Å². The summed E-state index contributed by atoms with van der Waals surface area (Å²) in [4.78, 5) is 14.1. The minimum absolute atomic E-state index is 0.132. The lowest BCUT2D eigenvalue weighted by Crippen LogP contribution is -2.41. The predicted octanol–water partition coefficient (Wildman–Crippen LogP) is 2.83. The van der Waals surface area contributed by atoms with E-state index >= 15 is 0 Å². The minimum atomic E-state index is -0.176. The van der Waals surface area contributed by atoms with Crippen molar-refractivity contribution in [2.24, 2.45) is 0 Å². The standard InChI is InChI=1S/C14H23NO3/c1-4-8-13(14(16)17-6-3)15(5-2)11-12-9-7-10-18-12/h7,9-10,13H,4-6,8,11H2,1-3H3. The molecule has 1 aromatic rings. The van der Waals surface area contributed by atoms with Gasteiger partial charge in [0.1, 0.15) is 11.8 Å². The van der Waals surface area contributed by atoms with Crippen LogP contribution in [0.5, 0.6) is 0 Å². The van der Waals surface area contributed by atoms with Crippen LogP contribution < -0.4 is 0 Å². The minimum Gasteiger partial charge on any atom is -0.468 e. The molecule has 0 fully saturated rings. The summed E-state index contributed by atoms with van der Waals surface area (Å²) in [6, 6.07) is 3.61. The van der Waals surface area contributed by atoms with E-state index in [-0.39, 0.29) is 12.0 Å². The van der Waals surface area contributed by atoms with E-state index in [4.69, 9.17) is 9.15 Å². The average Bonchev–Trinajstić information content (AvgIpc) is 2.86. The number of esters is 1. The van der Waals surface area contributed by atoms with Crippen LogP contribution in [0.3, 0.4) is 0 Å². The largest absolute Gasteiger partial charge is 0.468 e. The third kappa shape index (κ3) is 4.18. The van der Waals surface area contributed by atoms with Gasteiger partial charge in [0.2, 0.25) is 0 Å². The van der Waals surface area contributed by atoms with Gasteiger partial charge in [-0.2, -0.15) is 0 Å². The van der Waals surface area contributed by atoms with Crippen molar-refractivity contribution in [2.45, 2.75) is 46.2 Å². The number of carbonyl (C=O) groups is 1. The molecule has 0 aliphatic rings. The van der Waals surface area contributed by atoms with Crippen LogP contribution in [0.1, 0.15) is 39.4 Å². The molecule has 0 saturated carbocycles. The molecule has 18 heavy (non-hydrogen) atoms. The van der Waals surface area contributed by atoms with E-state index in [1.807, 2.05) is 26.0 Å². The molecule has 0 spiro atoms. The molecular weight excluding hydrogens is 230 g/mol. The summed E-state index contributed by atoms with van der Waals surface area (Å²) in [5.41, 5.74) is 0. The van der Waals surface area contributed by atoms with Crippen molar-refractivity contribution in [3.05, 3.63) is 24.2 Å². The maximum absolute atomic E-state index is 12.0. The summed E-state index contributed by atoms with van der Waals surface area (Å²) in [5, 5.41) is 0. The molecule has 4 heteroatoms. The van der Waals surface area contributed by atoms with Gasteiger partial charge in [0.15, 0.2) is 0 Å². The first kappa shape index (κ1) is 14.8. The topological polar surface area (TPSA) is 42.7 Å². The van der Waals surface area contributed by atoms with Crippen molar-refractivity contribution < 1.29 is 13.9 Å². The van der Waals surface area contributed by atoms with E-state index < -0.39 is 0 Å². The number of carbonyl (C=O) groups excluding carboxylic acids is 1. The number of hydrogen-bond acceptors (Lipinski definition) is 4. The maximum atomic E-state index is 12.0. The van der Waals surface area contributed by atoms with Gasteiger partial charge in [-0.25, -0.2) is 0 Å². The Morgan fingerprint density at radius 3 is 2.72 bits per heavy atom. The van der Waals surface area contributed by atoms with Crippen LogP contribution in [0, 0.1) is 0 Å². The van der Waals surface area contributed by atoms with Crippen LogP contribution in [0.15, 0.2) is 22.8 Å². The summed E-state index contributed by atoms with van der Waals surface area (Å²) in [6.07, 6.45) is 3.42. The number of rotatable bonds is 8. The second-order valence-electron chi connectivity index (χ2n) is 4.20. The highest BCUT2D eigenvalue weighted by Gasteiger charge is 2.25. The summed E-state index contributed by atoms with van der Waals surface area (Å²) >= 11 is 0. The Labute approximate surface area is 109 Å². The maximum Gasteiger partial charge on any atom is 0.323 e. The molecule has 0 saturated heterocycles. The third-order valence-electron chi connectivity index (χ3n) is 2.91. The zero-order valence-electron chi connectivity index (χ0n) is 11.5. The van der Waals surface area contributed by atoms with Crippen LogP contribution >= 0.6 is 0 Å². The van der Waals surface area contributed by atoms with E-state index in [1.165, 1.54) is 0 Å². The zero-order valence-corrected chi connectivity index (χ0v) is 11.5. The molecule has 1 aromatic heterocycles. The van der Waals surface area contributed by atoms with Gasteiger partial charge in [0, 0.05) is 0 Å². The monoisotopic (exact) mass is 253 g/mol. The lowest BCUT2D eigenvalue weighted by molar-refractivity contribution is -0.150. The smallest absolute Gasteiger partial charge is 0.323 e. The third-order valence-corrected chi connectivity index (χ3v) is 2.91. The van der Waals surface area contributed by atoms with E-state index in [9.17, 15) is 4.79 Å². The highest BCUT2D eigenvalue weighted by Crippen LogP contribution is 2.14. The number of likely N-dealkylation sites (N-methyl/N-ethyl adjacent to an activating group) is 1. The van der Waals surface area contributed by atoms with Crippen LogP contribution in [-0.2, 0) is 16.1 Å². The molecule has 0 amide bonds. The molecule has 1 rings (SSSR count). The average molecular weight is 253 g/mol. The van der Waals surface area contributed by atoms with Crippen LogP contribution in [0.2, 0.25) is 0 Å². The van der Waals surface area contributed by atoms with Gasteiger partial charge < -0.3 is 9.15 Å². The van der Waals surface area contributed by atoms with E-state index in [1.54, 1.807) is 6.26 Å². The van der Waals surface area contributed by atoms with Gasteiger partial charge >= 0.3 is 5.97 Å². The highest BCUT2D eigenvalue weighted by molar-refractivity contribution is 5.75. The molecule has 1 unspecified atom stereocenters. The van der Waals surface area contributed by atoms with Crippen LogP contribution in [-0.4, -0.2) is 30.1 Å². The highest BCUT2D eigenvalue weighted by atomic mass is 16.5. The Morgan fingerprint density at radius 1 is 1.44 bits per heavy atom. The Kier molecular flexibility index (Phi) is 6.50. The first-order valence-electron chi connectivity index (χ1n) is 6.65. The summed E-state index contributed by atoms with van der Waals surface area (Å²) in [7, 11) is 0. The van der Waals surface area contributed by atoms with Crippen molar-refractivity contribution in [1.29, 1.82) is 0 Å². The molecule has 0 aliphatic carbocycles. The molecule has 0 radical (unpaired) electrons. The Bertz CT molecular complexity index is 335. The number of hydrogen-bond donors (Lipinski definition) is 0. The summed E-state index contributed by atoms with van der Waals surface area (Å²) < 4.78 is 10.5. The van der Waals surface area contributed by atoms with Gasteiger partial charge in [-0.05, 0) is 32.0 Å². The van der Waals surface area contributed by atoms with Gasteiger partial charge in [0.25, 0.3) is 0 Å². The van der Waals surface area contributed by atoms with Gasteiger partial charge in [-0.15, -0.1) is 0 Å². The summed E-state index contributed by atoms with van der Waals surface area (Å²) in [6.45, 7) is 7.83. The molecule has 102 valence electrons. The zero-order chi connectivity index (χ0) is 13.4. The predicted molar refractivity (Wildman–Crippen MR) is 70.1 cm³/mol. The SMILES string of the molecule is CCCC(C(=O)OCC)N(CC)Cc1ccco1. The quantitative estimate of drug-likeness (QED) is 0.668. The van der Waals surface area contributed by atoms with Crippen molar-refractivity contribution in [1.82, 2.24) is 4.90 Å². The molecular formula is C14H23NO3. The van der Waals surface area contributed by atoms with Gasteiger partial charge in [0.05, 0.1) is 19.4 Å². The first-order valence-corrected chi connectivity index (χ1v) is 6.65. The van der Waals surface area contributed by atoms with Crippen LogP contribution in [0.25, 0.3) is 0 Å². The fraction of sp³-hybridized carbons (Fsp3) is 0.643. The molecule has 0 bridgehead atoms. The van der Waals surface area contributed by atoms with E-state index in [0.717, 1.165) is 25.1 Å². The lowest BCUT2D eigenvalue weighted by Gasteiger charge is -2.27. The number of ether oxygens (including phenoxy) is 1. The normalized spacial score (nSPS) is 12.7. The molecule has 0 aliphatic heterocycles.